The van der Waals surface area contributed by atoms with Gasteiger partial charge in [-0.1, -0.05) is 12.1 Å². The van der Waals surface area contributed by atoms with Gasteiger partial charge in [0.05, 0.1) is 0 Å². The molecule has 0 heterocycles. The first-order chi connectivity index (χ1) is 8.11. The summed E-state index contributed by atoms with van der Waals surface area (Å²) in [4.78, 5) is 11.7. The lowest BCUT2D eigenvalue weighted by molar-refractivity contribution is -0.117. The van der Waals surface area contributed by atoms with Crippen LogP contribution in [0.25, 0.3) is 0 Å². The van der Waals surface area contributed by atoms with Crippen molar-refractivity contribution in [1.82, 2.24) is 0 Å². The molecule has 5 nitrogen and oxygen atoms in total. The maximum Gasteiger partial charge on any atom is 0.227 e. The van der Waals surface area contributed by atoms with Crippen LogP contribution in [0.15, 0.2) is 29.4 Å². The van der Waals surface area contributed by atoms with Crippen LogP contribution in [0.2, 0.25) is 0 Å². The van der Waals surface area contributed by atoms with Gasteiger partial charge in [-0.15, -0.1) is 0 Å². The Kier molecular flexibility index (Phi) is 2.99. The number of hydrogen-bond acceptors (Lipinski definition) is 3. The van der Waals surface area contributed by atoms with Gasteiger partial charge in [-0.2, -0.15) is 0 Å². The number of anilines is 1. The second-order valence-electron chi connectivity index (χ2n) is 4.37. The van der Waals surface area contributed by atoms with E-state index in [2.05, 4.69) is 17.4 Å². The molecular weight excluding hydrogens is 218 g/mol. The highest BCUT2D eigenvalue weighted by Gasteiger charge is 2.38. The van der Waals surface area contributed by atoms with E-state index in [1.54, 1.807) is 24.3 Å². The van der Waals surface area contributed by atoms with E-state index in [1.165, 1.54) is 0 Å². The lowest BCUT2D eigenvalue weighted by Gasteiger charge is -2.05. The Hall–Kier alpha value is -2.04. The molecule has 90 valence electrons. The Morgan fingerprint density at radius 1 is 1.47 bits per heavy atom. The molecule has 1 aliphatic rings. The Morgan fingerprint density at radius 2 is 2.06 bits per heavy atom. The van der Waals surface area contributed by atoms with Gasteiger partial charge < -0.3 is 16.3 Å². The summed E-state index contributed by atoms with van der Waals surface area (Å²) in [6.07, 6.45) is 0.966. The van der Waals surface area contributed by atoms with E-state index < -0.39 is 0 Å². The van der Waals surface area contributed by atoms with Gasteiger partial charge in [0.2, 0.25) is 5.91 Å². The molecule has 0 aliphatic heterocycles. The molecule has 4 N–H and O–H groups in total. The highest BCUT2D eigenvalue weighted by atomic mass is 16.4. The van der Waals surface area contributed by atoms with Crippen LogP contribution in [-0.4, -0.2) is 17.0 Å². The number of oxime groups is 1. The summed E-state index contributed by atoms with van der Waals surface area (Å²) in [5, 5.41) is 14.2. The predicted molar refractivity (Wildman–Crippen MR) is 64.9 cm³/mol. The molecule has 1 aromatic carbocycles. The molecule has 2 rings (SSSR count). The van der Waals surface area contributed by atoms with Crippen LogP contribution >= 0.6 is 0 Å². The molecule has 5 heteroatoms. The number of nitrogens with one attached hydrogen (secondary N) is 1. The van der Waals surface area contributed by atoms with Gasteiger partial charge in [0, 0.05) is 17.2 Å². The van der Waals surface area contributed by atoms with Crippen LogP contribution < -0.4 is 11.1 Å². The zero-order valence-electron chi connectivity index (χ0n) is 9.55. The molecule has 1 aromatic rings. The molecule has 17 heavy (non-hydrogen) atoms. The number of carbonyl (C=O) groups excluding carboxylic acids is 1. The number of hydrogen-bond donors (Lipinski definition) is 3. The highest BCUT2D eigenvalue weighted by Crippen LogP contribution is 2.38. The third kappa shape index (κ3) is 2.55. The molecular formula is C12H15N3O2. The number of carbonyl (C=O) groups is 1. The smallest absolute Gasteiger partial charge is 0.227 e. The fraction of sp³-hybridized carbons (Fsp3) is 0.333. The fourth-order valence-corrected chi connectivity index (χ4v) is 1.70. The molecule has 1 fully saturated rings. The summed E-state index contributed by atoms with van der Waals surface area (Å²) in [6.45, 7) is 2.06. The van der Waals surface area contributed by atoms with Crippen LogP contribution in [-0.2, 0) is 4.79 Å². The van der Waals surface area contributed by atoms with E-state index in [4.69, 9.17) is 10.9 Å². The van der Waals surface area contributed by atoms with Crippen LogP contribution in [0.1, 0.15) is 18.9 Å². The SMILES string of the molecule is CC1CC1C(=O)Nc1ccc(/C(N)=N/O)cc1. The normalized spacial score (nSPS) is 23.2. The van der Waals surface area contributed by atoms with Crippen LogP contribution in [0, 0.1) is 11.8 Å². The van der Waals surface area contributed by atoms with Crippen molar-refractivity contribution in [2.24, 2.45) is 22.7 Å². The van der Waals surface area contributed by atoms with Gasteiger partial charge in [0.25, 0.3) is 0 Å². The number of nitrogens with zero attached hydrogens (tertiary/aromatic N) is 1. The number of nitrogens with two attached hydrogens (primary N) is 1. The second-order valence-corrected chi connectivity index (χ2v) is 4.37. The molecule has 2 atom stereocenters. The minimum atomic E-state index is 0.0543. The number of benzene rings is 1. The molecule has 0 aromatic heterocycles. The third-order valence-corrected chi connectivity index (χ3v) is 3.00. The van der Waals surface area contributed by atoms with Gasteiger partial charge in [-0.25, -0.2) is 0 Å². The summed E-state index contributed by atoms with van der Waals surface area (Å²) in [7, 11) is 0. The molecule has 0 radical (unpaired) electrons. The summed E-state index contributed by atoms with van der Waals surface area (Å²) in [6, 6.07) is 6.86. The first-order valence-electron chi connectivity index (χ1n) is 5.50. The first kappa shape index (κ1) is 11.4. The number of rotatable bonds is 3. The third-order valence-electron chi connectivity index (χ3n) is 3.00. The lowest BCUT2D eigenvalue weighted by Crippen LogP contribution is -2.15. The summed E-state index contributed by atoms with van der Waals surface area (Å²) < 4.78 is 0. The largest absolute Gasteiger partial charge is 0.409 e. The molecule has 2 unspecified atom stereocenters. The van der Waals surface area contributed by atoms with Crippen LogP contribution in [0.5, 0.6) is 0 Å². The maximum absolute atomic E-state index is 11.7. The van der Waals surface area contributed by atoms with Gasteiger partial charge >= 0.3 is 0 Å². The van der Waals surface area contributed by atoms with E-state index in [1.807, 2.05) is 0 Å². The van der Waals surface area contributed by atoms with Crippen molar-refractivity contribution < 1.29 is 10.0 Å². The van der Waals surface area contributed by atoms with Crippen molar-refractivity contribution in [1.29, 1.82) is 0 Å². The maximum atomic E-state index is 11.7. The Labute approximate surface area is 99.3 Å². The molecule has 1 amide bonds. The van der Waals surface area contributed by atoms with Crippen LogP contribution in [0.3, 0.4) is 0 Å². The van der Waals surface area contributed by atoms with E-state index in [-0.39, 0.29) is 17.7 Å². The lowest BCUT2D eigenvalue weighted by atomic mass is 10.2. The molecule has 0 bridgehead atoms. The predicted octanol–water partition coefficient (Wildman–Crippen LogP) is 1.38. The summed E-state index contributed by atoms with van der Waals surface area (Å²) in [5.41, 5.74) is 6.78. The molecule has 1 saturated carbocycles. The monoisotopic (exact) mass is 233 g/mol. The summed E-state index contributed by atoms with van der Waals surface area (Å²) >= 11 is 0. The van der Waals surface area contributed by atoms with Crippen molar-refractivity contribution >= 4 is 17.4 Å². The molecule has 1 aliphatic carbocycles. The highest BCUT2D eigenvalue weighted by molar-refractivity contribution is 5.98. The molecule has 0 saturated heterocycles. The van der Waals surface area contributed by atoms with E-state index in [0.29, 0.717) is 11.5 Å². The van der Waals surface area contributed by atoms with E-state index >= 15 is 0 Å². The average molecular weight is 233 g/mol. The number of amides is 1. The average Bonchev–Trinajstić information content (AvgIpc) is 3.06. The van der Waals surface area contributed by atoms with Crippen molar-refractivity contribution in [3.63, 3.8) is 0 Å². The zero-order valence-corrected chi connectivity index (χ0v) is 9.55. The quantitative estimate of drug-likeness (QED) is 0.319. The minimum absolute atomic E-state index is 0.0543. The number of amidine groups is 1. The van der Waals surface area contributed by atoms with Crippen molar-refractivity contribution in [2.75, 3.05) is 5.32 Å². The summed E-state index contributed by atoms with van der Waals surface area (Å²) in [5.74, 6) is 0.762. The van der Waals surface area contributed by atoms with Gasteiger partial charge in [-0.3, -0.25) is 4.79 Å². The van der Waals surface area contributed by atoms with E-state index in [9.17, 15) is 4.79 Å². The van der Waals surface area contributed by atoms with E-state index in [0.717, 1.165) is 12.1 Å². The van der Waals surface area contributed by atoms with Gasteiger partial charge in [0.15, 0.2) is 5.84 Å². The van der Waals surface area contributed by atoms with Crippen molar-refractivity contribution in [2.45, 2.75) is 13.3 Å². The van der Waals surface area contributed by atoms with Crippen molar-refractivity contribution in [3.05, 3.63) is 29.8 Å². The second kappa shape index (κ2) is 4.45. The Balaban J connectivity index is 2.01. The Bertz CT molecular complexity index is 453. The molecule has 0 spiro atoms. The topological polar surface area (TPSA) is 87.7 Å². The minimum Gasteiger partial charge on any atom is -0.409 e. The fourth-order valence-electron chi connectivity index (χ4n) is 1.70. The Morgan fingerprint density at radius 3 is 2.53 bits per heavy atom. The van der Waals surface area contributed by atoms with Crippen molar-refractivity contribution in [3.8, 4) is 0 Å². The van der Waals surface area contributed by atoms with Gasteiger partial charge in [0.1, 0.15) is 0 Å². The zero-order chi connectivity index (χ0) is 12.4. The van der Waals surface area contributed by atoms with Crippen LogP contribution in [0.4, 0.5) is 5.69 Å². The standard InChI is InChI=1S/C12H15N3O2/c1-7-6-10(7)12(16)14-9-4-2-8(3-5-9)11(13)15-17/h2-5,7,10,17H,6H2,1H3,(H2,13,15)(H,14,16). The first-order valence-corrected chi connectivity index (χ1v) is 5.50. The van der Waals surface area contributed by atoms with Gasteiger partial charge in [-0.05, 0) is 36.6 Å².